The fourth-order valence-electron chi connectivity index (χ4n) is 2.07. The van der Waals surface area contributed by atoms with E-state index in [9.17, 15) is 4.79 Å². The molecule has 2 aromatic heterocycles. The van der Waals surface area contributed by atoms with Gasteiger partial charge in [0.1, 0.15) is 0 Å². The first-order valence-corrected chi connectivity index (χ1v) is 7.36. The van der Waals surface area contributed by atoms with Gasteiger partial charge in [-0.25, -0.2) is 9.97 Å². The summed E-state index contributed by atoms with van der Waals surface area (Å²) in [6, 6.07) is 9.87. The van der Waals surface area contributed by atoms with E-state index in [1.807, 2.05) is 44.2 Å². The Kier molecular flexibility index (Phi) is 4.14. The van der Waals surface area contributed by atoms with Crippen molar-refractivity contribution in [3.8, 4) is 11.4 Å². The maximum Gasteiger partial charge on any atom is 0.258 e. The van der Waals surface area contributed by atoms with Gasteiger partial charge in [0.25, 0.3) is 5.91 Å². The third-order valence-electron chi connectivity index (χ3n) is 3.33. The van der Waals surface area contributed by atoms with Crippen LogP contribution < -0.4 is 5.32 Å². The number of hydrogen-bond acceptors (Lipinski definition) is 4. The Morgan fingerprint density at radius 2 is 1.78 bits per heavy atom. The highest BCUT2D eigenvalue weighted by Crippen LogP contribution is 2.14. The highest BCUT2D eigenvalue weighted by molar-refractivity contribution is 6.03. The Labute approximate surface area is 134 Å². The number of amides is 1. The summed E-state index contributed by atoms with van der Waals surface area (Å²) >= 11 is 0. The number of nitrogens with zero attached hydrogens (tertiary/aromatic N) is 4. The normalized spacial score (nSPS) is 10.7. The van der Waals surface area contributed by atoms with Gasteiger partial charge in [0.15, 0.2) is 5.82 Å². The van der Waals surface area contributed by atoms with E-state index in [0.29, 0.717) is 17.1 Å². The van der Waals surface area contributed by atoms with Crippen LogP contribution in [-0.4, -0.2) is 25.7 Å². The Hall–Kier alpha value is -3.02. The lowest BCUT2D eigenvalue weighted by molar-refractivity contribution is 0.102. The molecule has 0 saturated carbocycles. The summed E-state index contributed by atoms with van der Waals surface area (Å²) in [7, 11) is 0. The van der Waals surface area contributed by atoms with Gasteiger partial charge >= 0.3 is 0 Å². The number of carbonyl (C=O) groups is 1. The van der Waals surface area contributed by atoms with Crippen molar-refractivity contribution >= 4 is 11.6 Å². The quantitative estimate of drug-likeness (QED) is 0.803. The lowest BCUT2D eigenvalue weighted by atomic mass is 10.2. The van der Waals surface area contributed by atoms with Gasteiger partial charge < -0.3 is 5.32 Å². The van der Waals surface area contributed by atoms with Gasteiger partial charge in [0.2, 0.25) is 0 Å². The Morgan fingerprint density at radius 3 is 2.39 bits per heavy atom. The second kappa shape index (κ2) is 6.39. The summed E-state index contributed by atoms with van der Waals surface area (Å²) in [4.78, 5) is 20.7. The molecule has 0 fully saturated rings. The average Bonchev–Trinajstić information content (AvgIpc) is 3.04. The summed E-state index contributed by atoms with van der Waals surface area (Å²) < 4.78 is 1.78. The van der Waals surface area contributed by atoms with Crippen molar-refractivity contribution in [1.29, 1.82) is 0 Å². The summed E-state index contributed by atoms with van der Waals surface area (Å²) in [6.07, 6.45) is 6.47. The SMILES string of the molecule is CC(C)n1cc(NC(=O)c2cnc(-c3ccccc3)nc2)cn1. The molecule has 1 amide bonds. The number of rotatable bonds is 4. The van der Waals surface area contributed by atoms with Gasteiger partial charge in [0, 0.05) is 30.2 Å². The molecule has 2 heterocycles. The average molecular weight is 307 g/mol. The first kappa shape index (κ1) is 14.9. The minimum absolute atomic E-state index is 0.245. The fourth-order valence-corrected chi connectivity index (χ4v) is 2.07. The monoisotopic (exact) mass is 307 g/mol. The molecule has 23 heavy (non-hydrogen) atoms. The first-order valence-electron chi connectivity index (χ1n) is 7.36. The zero-order valence-electron chi connectivity index (χ0n) is 13.0. The molecule has 1 N–H and O–H groups in total. The molecule has 1 aromatic carbocycles. The molecule has 6 nitrogen and oxygen atoms in total. The van der Waals surface area contributed by atoms with Crippen molar-refractivity contribution in [2.24, 2.45) is 0 Å². The van der Waals surface area contributed by atoms with E-state index < -0.39 is 0 Å². The second-order valence-corrected chi connectivity index (χ2v) is 5.42. The number of benzene rings is 1. The molecule has 0 aliphatic heterocycles. The molecule has 0 aliphatic carbocycles. The van der Waals surface area contributed by atoms with E-state index in [-0.39, 0.29) is 11.9 Å². The highest BCUT2D eigenvalue weighted by Gasteiger charge is 2.10. The van der Waals surface area contributed by atoms with Crippen LogP contribution in [-0.2, 0) is 0 Å². The van der Waals surface area contributed by atoms with Gasteiger partial charge in [-0.1, -0.05) is 30.3 Å². The molecular weight excluding hydrogens is 290 g/mol. The minimum Gasteiger partial charge on any atom is -0.319 e. The van der Waals surface area contributed by atoms with Gasteiger partial charge in [-0.05, 0) is 13.8 Å². The van der Waals surface area contributed by atoms with E-state index in [2.05, 4.69) is 20.4 Å². The summed E-state index contributed by atoms with van der Waals surface area (Å²) in [5, 5.41) is 6.98. The number of anilines is 1. The van der Waals surface area contributed by atoms with Crippen molar-refractivity contribution in [1.82, 2.24) is 19.7 Å². The smallest absolute Gasteiger partial charge is 0.258 e. The molecule has 0 aliphatic rings. The lowest BCUT2D eigenvalue weighted by Gasteiger charge is -2.04. The van der Waals surface area contributed by atoms with E-state index in [1.54, 1.807) is 17.1 Å². The third-order valence-corrected chi connectivity index (χ3v) is 3.33. The number of hydrogen-bond donors (Lipinski definition) is 1. The standard InChI is InChI=1S/C17H17N5O/c1-12(2)22-11-15(10-20-22)21-17(23)14-8-18-16(19-9-14)13-6-4-3-5-7-13/h3-12H,1-2H3,(H,21,23). The fraction of sp³-hybridized carbons (Fsp3) is 0.176. The molecule has 0 radical (unpaired) electrons. The maximum absolute atomic E-state index is 12.2. The van der Waals surface area contributed by atoms with Crippen LogP contribution in [0.25, 0.3) is 11.4 Å². The zero-order valence-corrected chi connectivity index (χ0v) is 13.0. The summed E-state index contributed by atoms with van der Waals surface area (Å²) in [5.74, 6) is 0.336. The lowest BCUT2D eigenvalue weighted by Crippen LogP contribution is -2.12. The van der Waals surface area contributed by atoms with Crippen LogP contribution in [0.3, 0.4) is 0 Å². The molecule has 0 unspecified atom stereocenters. The van der Waals surface area contributed by atoms with Crippen LogP contribution in [0.1, 0.15) is 30.2 Å². The Bertz CT molecular complexity index is 793. The van der Waals surface area contributed by atoms with Crippen molar-refractivity contribution in [2.75, 3.05) is 5.32 Å². The van der Waals surface area contributed by atoms with Crippen LogP contribution >= 0.6 is 0 Å². The minimum atomic E-state index is -0.257. The molecule has 116 valence electrons. The van der Waals surface area contributed by atoms with Crippen molar-refractivity contribution < 1.29 is 4.79 Å². The molecule has 3 rings (SSSR count). The molecule has 0 saturated heterocycles. The topological polar surface area (TPSA) is 72.7 Å². The van der Waals surface area contributed by atoms with Gasteiger partial charge in [0.05, 0.1) is 17.4 Å². The predicted molar refractivity (Wildman–Crippen MR) is 88.0 cm³/mol. The molecule has 3 aromatic rings. The van der Waals surface area contributed by atoms with Gasteiger partial charge in [-0.15, -0.1) is 0 Å². The second-order valence-electron chi connectivity index (χ2n) is 5.42. The predicted octanol–water partition coefficient (Wildman–Crippen LogP) is 3.17. The highest BCUT2D eigenvalue weighted by atomic mass is 16.1. The Morgan fingerprint density at radius 1 is 1.09 bits per heavy atom. The Balaban J connectivity index is 1.72. The summed E-state index contributed by atoms with van der Waals surface area (Å²) in [5.41, 5.74) is 1.97. The zero-order chi connectivity index (χ0) is 16.2. The van der Waals surface area contributed by atoms with Crippen LogP contribution in [0.5, 0.6) is 0 Å². The van der Waals surface area contributed by atoms with Crippen LogP contribution in [0.2, 0.25) is 0 Å². The molecule has 0 atom stereocenters. The van der Waals surface area contributed by atoms with Gasteiger partial charge in [-0.3, -0.25) is 9.48 Å². The molecule has 0 spiro atoms. The maximum atomic E-state index is 12.2. The molecule has 0 bridgehead atoms. The van der Waals surface area contributed by atoms with E-state index in [4.69, 9.17) is 0 Å². The number of carbonyl (C=O) groups excluding carboxylic acids is 1. The van der Waals surface area contributed by atoms with Crippen LogP contribution in [0.15, 0.2) is 55.1 Å². The van der Waals surface area contributed by atoms with E-state index >= 15 is 0 Å². The third kappa shape index (κ3) is 3.42. The first-order chi connectivity index (χ1) is 11.1. The van der Waals surface area contributed by atoms with E-state index in [1.165, 1.54) is 12.4 Å². The molecular formula is C17H17N5O. The largest absolute Gasteiger partial charge is 0.319 e. The van der Waals surface area contributed by atoms with E-state index in [0.717, 1.165) is 5.56 Å². The molecule has 6 heteroatoms. The van der Waals surface area contributed by atoms with Crippen molar-refractivity contribution in [3.05, 3.63) is 60.7 Å². The number of aromatic nitrogens is 4. The van der Waals surface area contributed by atoms with Crippen LogP contribution in [0, 0.1) is 0 Å². The van der Waals surface area contributed by atoms with Crippen molar-refractivity contribution in [3.63, 3.8) is 0 Å². The van der Waals surface area contributed by atoms with Crippen molar-refractivity contribution in [2.45, 2.75) is 19.9 Å². The van der Waals surface area contributed by atoms with Gasteiger partial charge in [-0.2, -0.15) is 5.10 Å². The van der Waals surface area contributed by atoms with Crippen LogP contribution in [0.4, 0.5) is 5.69 Å². The summed E-state index contributed by atoms with van der Waals surface area (Å²) in [6.45, 7) is 4.05. The number of nitrogens with one attached hydrogen (secondary N) is 1.